The third-order valence-corrected chi connectivity index (χ3v) is 6.99. The zero-order valence-electron chi connectivity index (χ0n) is 16.6. The number of aliphatic imine (C=N–C) groups is 1. The number of thiophene rings is 1. The quantitative estimate of drug-likeness (QED) is 0.317. The van der Waals surface area contributed by atoms with Gasteiger partial charge in [-0.15, -0.1) is 11.3 Å². The Labute approximate surface area is 178 Å². The average Bonchev–Trinajstić information content (AvgIpc) is 3.55. The molecule has 9 heteroatoms. The third-order valence-electron chi connectivity index (χ3n) is 6.13. The molecule has 0 aromatic carbocycles. The van der Waals surface area contributed by atoms with Gasteiger partial charge < -0.3 is 15.1 Å². The molecule has 2 aliphatic carbocycles. The van der Waals surface area contributed by atoms with Crippen molar-refractivity contribution < 1.29 is 14.0 Å². The first kappa shape index (κ1) is 19.0. The van der Waals surface area contributed by atoms with E-state index in [1.165, 1.54) is 4.90 Å². The SMILES string of the molecule is CN=C(NCCN1C(=O)C2C3C=CC(C3)C2C1=O)NCc1coc(-c2cccs2)n1. The summed E-state index contributed by atoms with van der Waals surface area (Å²) in [4.78, 5) is 36.5. The van der Waals surface area contributed by atoms with Crippen LogP contribution in [0.15, 0.2) is 45.3 Å². The molecule has 3 heterocycles. The lowest BCUT2D eigenvalue weighted by atomic mass is 9.85. The van der Waals surface area contributed by atoms with Gasteiger partial charge in [0, 0.05) is 20.1 Å². The molecular formula is C21H23N5O3S. The summed E-state index contributed by atoms with van der Waals surface area (Å²) < 4.78 is 5.52. The minimum atomic E-state index is -0.144. The van der Waals surface area contributed by atoms with Gasteiger partial charge >= 0.3 is 0 Å². The molecule has 2 aromatic heterocycles. The molecule has 2 N–H and O–H groups in total. The molecule has 2 fully saturated rings. The number of nitrogens with zero attached hydrogens (tertiary/aromatic N) is 3. The normalized spacial score (nSPS) is 27.2. The van der Waals surface area contributed by atoms with Gasteiger partial charge in [0.25, 0.3) is 0 Å². The molecule has 156 valence electrons. The van der Waals surface area contributed by atoms with Crippen molar-refractivity contribution in [1.82, 2.24) is 20.5 Å². The maximum absolute atomic E-state index is 12.7. The van der Waals surface area contributed by atoms with E-state index in [0.717, 1.165) is 17.0 Å². The fraction of sp³-hybridized carbons (Fsp3) is 0.429. The molecule has 5 rings (SSSR count). The standard InChI is InChI=1S/C21H23N5O3S/c1-22-21(24-10-14-11-29-18(25-14)15-3-2-8-30-15)23-6-7-26-19(27)16-12-4-5-13(9-12)17(16)20(26)28/h2-5,8,11-13,16-17H,6-7,9-10H2,1H3,(H2,22,23,24). The van der Waals surface area contributed by atoms with E-state index in [4.69, 9.17) is 4.42 Å². The maximum atomic E-state index is 12.7. The summed E-state index contributed by atoms with van der Waals surface area (Å²) in [6.07, 6.45) is 6.79. The molecule has 2 aromatic rings. The van der Waals surface area contributed by atoms with Crippen molar-refractivity contribution in [2.75, 3.05) is 20.1 Å². The summed E-state index contributed by atoms with van der Waals surface area (Å²) >= 11 is 1.58. The fourth-order valence-electron chi connectivity index (χ4n) is 4.77. The first-order valence-electron chi connectivity index (χ1n) is 10.1. The van der Waals surface area contributed by atoms with Gasteiger partial charge in [0.15, 0.2) is 5.96 Å². The van der Waals surface area contributed by atoms with Crippen LogP contribution in [0.1, 0.15) is 12.1 Å². The first-order chi connectivity index (χ1) is 14.7. The number of likely N-dealkylation sites (tertiary alicyclic amines) is 1. The van der Waals surface area contributed by atoms with E-state index >= 15 is 0 Å². The molecule has 0 spiro atoms. The second-order valence-corrected chi connectivity index (χ2v) is 8.75. The monoisotopic (exact) mass is 425 g/mol. The van der Waals surface area contributed by atoms with Crippen molar-refractivity contribution >= 4 is 29.1 Å². The predicted octanol–water partition coefficient (Wildman–Crippen LogP) is 1.88. The summed E-state index contributed by atoms with van der Waals surface area (Å²) in [6, 6.07) is 3.92. The van der Waals surface area contributed by atoms with Crippen molar-refractivity contribution in [2.45, 2.75) is 13.0 Å². The number of nitrogens with one attached hydrogen (secondary N) is 2. The van der Waals surface area contributed by atoms with Gasteiger partial charge in [0.05, 0.1) is 29.0 Å². The number of aromatic nitrogens is 1. The van der Waals surface area contributed by atoms with Gasteiger partial charge in [-0.1, -0.05) is 18.2 Å². The number of oxazole rings is 1. The van der Waals surface area contributed by atoms with E-state index in [9.17, 15) is 9.59 Å². The third kappa shape index (κ3) is 3.23. The van der Waals surface area contributed by atoms with Crippen LogP contribution in [0.25, 0.3) is 10.8 Å². The van der Waals surface area contributed by atoms with E-state index in [2.05, 4.69) is 32.8 Å². The zero-order valence-corrected chi connectivity index (χ0v) is 17.4. The van der Waals surface area contributed by atoms with Crippen LogP contribution in [-0.4, -0.2) is 47.8 Å². The van der Waals surface area contributed by atoms with Crippen LogP contribution in [0.4, 0.5) is 0 Å². The molecular weight excluding hydrogens is 402 g/mol. The number of rotatable bonds is 6. The summed E-state index contributed by atoms with van der Waals surface area (Å²) in [5, 5.41) is 8.32. The van der Waals surface area contributed by atoms with E-state index in [1.54, 1.807) is 24.6 Å². The average molecular weight is 426 g/mol. The summed E-state index contributed by atoms with van der Waals surface area (Å²) in [5.41, 5.74) is 0.766. The highest BCUT2D eigenvalue weighted by Gasteiger charge is 2.58. The Bertz CT molecular complexity index is 982. The van der Waals surface area contributed by atoms with Crippen molar-refractivity contribution in [3.8, 4) is 10.8 Å². The molecule has 2 bridgehead atoms. The van der Waals surface area contributed by atoms with Crippen molar-refractivity contribution in [3.05, 3.63) is 41.6 Å². The number of fused-ring (bicyclic) bond motifs is 5. The first-order valence-corrected chi connectivity index (χ1v) is 11.0. The second kappa shape index (κ2) is 7.71. The van der Waals surface area contributed by atoms with Gasteiger partial charge in [0.1, 0.15) is 6.26 Å². The van der Waals surface area contributed by atoms with Crippen LogP contribution < -0.4 is 10.6 Å². The molecule has 1 aliphatic heterocycles. The van der Waals surface area contributed by atoms with Crippen LogP contribution >= 0.6 is 11.3 Å². The minimum Gasteiger partial charge on any atom is -0.443 e. The molecule has 30 heavy (non-hydrogen) atoms. The summed E-state index contributed by atoms with van der Waals surface area (Å²) in [5.74, 6) is 1.34. The zero-order chi connectivity index (χ0) is 20.7. The van der Waals surface area contributed by atoms with Gasteiger partial charge in [-0.3, -0.25) is 19.5 Å². The number of amides is 2. The molecule has 1 saturated carbocycles. The Kier molecular flexibility index (Phi) is 4.90. The number of imide groups is 1. The molecule has 8 nitrogen and oxygen atoms in total. The number of hydrogen-bond acceptors (Lipinski definition) is 6. The lowest BCUT2D eigenvalue weighted by Crippen LogP contribution is -2.43. The lowest BCUT2D eigenvalue weighted by molar-refractivity contribution is -0.140. The molecule has 4 unspecified atom stereocenters. The second-order valence-electron chi connectivity index (χ2n) is 7.80. The topological polar surface area (TPSA) is 99.8 Å². The fourth-order valence-corrected chi connectivity index (χ4v) is 5.42. The van der Waals surface area contributed by atoms with Gasteiger partial charge in [-0.05, 0) is 29.7 Å². The Hall–Kier alpha value is -2.94. The lowest BCUT2D eigenvalue weighted by Gasteiger charge is -2.18. The van der Waals surface area contributed by atoms with Gasteiger partial charge in [-0.2, -0.15) is 0 Å². The molecule has 0 radical (unpaired) electrons. The van der Waals surface area contributed by atoms with Crippen molar-refractivity contribution in [1.29, 1.82) is 0 Å². The largest absolute Gasteiger partial charge is 0.443 e. The highest BCUT2D eigenvalue weighted by molar-refractivity contribution is 7.13. The Morgan fingerprint density at radius 1 is 1.27 bits per heavy atom. The Morgan fingerprint density at radius 2 is 2.03 bits per heavy atom. The number of carbonyl (C=O) groups excluding carboxylic acids is 2. The molecule has 4 atom stereocenters. The maximum Gasteiger partial charge on any atom is 0.236 e. The number of allylic oxidation sites excluding steroid dienone is 2. The van der Waals surface area contributed by atoms with Crippen LogP contribution in [0.2, 0.25) is 0 Å². The summed E-state index contributed by atoms with van der Waals surface area (Å²) in [7, 11) is 1.68. The minimum absolute atomic E-state index is 0.0182. The van der Waals surface area contributed by atoms with E-state index in [0.29, 0.717) is 31.5 Å². The smallest absolute Gasteiger partial charge is 0.236 e. The highest BCUT2D eigenvalue weighted by atomic mass is 32.1. The molecule has 1 saturated heterocycles. The van der Waals surface area contributed by atoms with Gasteiger partial charge in [-0.25, -0.2) is 4.98 Å². The Morgan fingerprint density at radius 3 is 2.70 bits per heavy atom. The highest BCUT2D eigenvalue weighted by Crippen LogP contribution is 2.52. The number of carbonyl (C=O) groups is 2. The van der Waals surface area contributed by atoms with E-state index < -0.39 is 0 Å². The predicted molar refractivity (Wildman–Crippen MR) is 112 cm³/mol. The van der Waals surface area contributed by atoms with Crippen LogP contribution in [0.3, 0.4) is 0 Å². The van der Waals surface area contributed by atoms with E-state index in [-0.39, 0.29) is 35.5 Å². The van der Waals surface area contributed by atoms with Crippen LogP contribution in [0, 0.1) is 23.7 Å². The molecule has 2 amide bonds. The van der Waals surface area contributed by atoms with Crippen LogP contribution in [0.5, 0.6) is 0 Å². The molecule has 3 aliphatic rings. The van der Waals surface area contributed by atoms with Crippen molar-refractivity contribution in [3.63, 3.8) is 0 Å². The van der Waals surface area contributed by atoms with E-state index in [1.807, 2.05) is 17.5 Å². The number of guanidine groups is 1. The Balaban J connectivity index is 1.11. The van der Waals surface area contributed by atoms with Gasteiger partial charge in [0.2, 0.25) is 17.7 Å². The van der Waals surface area contributed by atoms with Crippen molar-refractivity contribution in [2.24, 2.45) is 28.7 Å². The summed E-state index contributed by atoms with van der Waals surface area (Å²) in [6.45, 7) is 1.24. The number of hydrogen-bond donors (Lipinski definition) is 2. The van der Waals surface area contributed by atoms with Crippen LogP contribution in [-0.2, 0) is 16.1 Å².